The van der Waals surface area contributed by atoms with Crippen molar-refractivity contribution in [2.45, 2.75) is 31.7 Å². The van der Waals surface area contributed by atoms with Crippen molar-refractivity contribution in [2.24, 2.45) is 0 Å². The highest BCUT2D eigenvalue weighted by molar-refractivity contribution is 5.81. The predicted octanol–water partition coefficient (Wildman–Crippen LogP) is 1.77. The Balaban J connectivity index is 1.77. The zero-order valence-corrected chi connectivity index (χ0v) is 10.7. The van der Waals surface area contributed by atoms with Gasteiger partial charge in [0.05, 0.1) is 6.04 Å². The number of nitrogens with one attached hydrogen (secondary N) is 2. The monoisotopic (exact) mass is 268 g/mol. The second-order valence-electron chi connectivity index (χ2n) is 4.82. The lowest BCUT2D eigenvalue weighted by Gasteiger charge is -2.22. The molecule has 104 valence electrons. The summed E-state index contributed by atoms with van der Waals surface area (Å²) in [5.41, 5.74) is 0.550. The quantitative estimate of drug-likeness (QED) is 0.873. The third-order valence-electron chi connectivity index (χ3n) is 3.26. The molecule has 1 atom stereocenters. The van der Waals surface area contributed by atoms with Gasteiger partial charge in [0.15, 0.2) is 0 Å². The van der Waals surface area contributed by atoms with Crippen LogP contribution < -0.4 is 10.6 Å². The molecule has 1 aliphatic heterocycles. The largest absolute Gasteiger partial charge is 0.354 e. The molecule has 3 nitrogen and oxygen atoms in total. The molecule has 19 heavy (non-hydrogen) atoms. The summed E-state index contributed by atoms with van der Waals surface area (Å²) >= 11 is 0. The number of hydrogen-bond acceptors (Lipinski definition) is 2. The number of benzene rings is 1. The van der Waals surface area contributed by atoms with E-state index in [4.69, 9.17) is 0 Å². The molecule has 1 aromatic rings. The average Bonchev–Trinajstić information content (AvgIpc) is 2.38. The summed E-state index contributed by atoms with van der Waals surface area (Å²) in [6.45, 7) is 1.26. The Kier molecular flexibility index (Phi) is 4.85. The number of hydrogen-bond donors (Lipinski definition) is 2. The van der Waals surface area contributed by atoms with E-state index in [1.54, 1.807) is 0 Å². The zero-order valence-electron chi connectivity index (χ0n) is 10.7. The van der Waals surface area contributed by atoms with Gasteiger partial charge >= 0.3 is 0 Å². The van der Waals surface area contributed by atoms with E-state index in [0.29, 0.717) is 18.5 Å². The van der Waals surface area contributed by atoms with E-state index in [9.17, 15) is 13.6 Å². The fraction of sp³-hybridized carbons (Fsp3) is 0.500. The Hall–Kier alpha value is -1.49. The summed E-state index contributed by atoms with van der Waals surface area (Å²) < 4.78 is 25.9. The molecular formula is C14H18F2N2O. The third-order valence-corrected chi connectivity index (χ3v) is 3.26. The lowest BCUT2D eigenvalue weighted by Crippen LogP contribution is -2.47. The van der Waals surface area contributed by atoms with Crippen LogP contribution in [0.3, 0.4) is 0 Å². The van der Waals surface area contributed by atoms with E-state index in [0.717, 1.165) is 31.9 Å². The van der Waals surface area contributed by atoms with Crippen LogP contribution in [0.1, 0.15) is 24.8 Å². The summed E-state index contributed by atoms with van der Waals surface area (Å²) in [5, 5.41) is 5.95. The lowest BCUT2D eigenvalue weighted by molar-refractivity contribution is -0.123. The summed E-state index contributed by atoms with van der Waals surface area (Å²) in [5.74, 6) is -1.21. The third kappa shape index (κ3) is 4.28. The first-order chi connectivity index (χ1) is 9.15. The minimum absolute atomic E-state index is 0.0309. The van der Waals surface area contributed by atoms with Crippen LogP contribution in [0.15, 0.2) is 18.2 Å². The fourth-order valence-electron chi connectivity index (χ4n) is 2.28. The van der Waals surface area contributed by atoms with Gasteiger partial charge in [-0.1, -0.05) is 6.42 Å². The minimum Gasteiger partial charge on any atom is -0.354 e. The lowest BCUT2D eigenvalue weighted by atomic mass is 10.0. The molecule has 0 unspecified atom stereocenters. The van der Waals surface area contributed by atoms with Gasteiger partial charge in [-0.2, -0.15) is 0 Å². The van der Waals surface area contributed by atoms with Crippen molar-refractivity contribution < 1.29 is 13.6 Å². The maximum atomic E-state index is 13.0. The van der Waals surface area contributed by atoms with Crippen molar-refractivity contribution in [3.63, 3.8) is 0 Å². The number of amides is 1. The highest BCUT2D eigenvalue weighted by Crippen LogP contribution is 2.09. The molecule has 0 bridgehead atoms. The van der Waals surface area contributed by atoms with Gasteiger partial charge in [0.25, 0.3) is 0 Å². The van der Waals surface area contributed by atoms with Crippen molar-refractivity contribution in [2.75, 3.05) is 13.1 Å². The van der Waals surface area contributed by atoms with Crippen molar-refractivity contribution in [1.82, 2.24) is 10.6 Å². The van der Waals surface area contributed by atoms with E-state index >= 15 is 0 Å². The van der Waals surface area contributed by atoms with E-state index < -0.39 is 11.6 Å². The molecule has 5 heteroatoms. The van der Waals surface area contributed by atoms with E-state index in [1.165, 1.54) is 12.1 Å². The summed E-state index contributed by atoms with van der Waals surface area (Å²) in [4.78, 5) is 11.8. The second-order valence-corrected chi connectivity index (χ2v) is 4.82. The molecule has 0 saturated carbocycles. The Morgan fingerprint density at radius 2 is 2.00 bits per heavy atom. The molecule has 1 aromatic carbocycles. The first-order valence-electron chi connectivity index (χ1n) is 6.61. The highest BCUT2D eigenvalue weighted by atomic mass is 19.1. The molecule has 1 fully saturated rings. The van der Waals surface area contributed by atoms with Gasteiger partial charge in [0.1, 0.15) is 11.6 Å². The average molecular weight is 268 g/mol. The summed E-state index contributed by atoms with van der Waals surface area (Å²) in [6, 6.07) is 3.29. The van der Waals surface area contributed by atoms with Gasteiger partial charge in [0.2, 0.25) is 5.91 Å². The number of carbonyl (C=O) groups is 1. The molecule has 1 saturated heterocycles. The van der Waals surface area contributed by atoms with Gasteiger partial charge in [-0.15, -0.1) is 0 Å². The van der Waals surface area contributed by atoms with Gasteiger partial charge in [-0.25, -0.2) is 8.78 Å². The predicted molar refractivity (Wildman–Crippen MR) is 68.7 cm³/mol. The van der Waals surface area contributed by atoms with E-state index in [-0.39, 0.29) is 11.9 Å². The Morgan fingerprint density at radius 3 is 2.63 bits per heavy atom. The molecule has 2 N–H and O–H groups in total. The Bertz CT molecular complexity index is 425. The smallest absolute Gasteiger partial charge is 0.237 e. The molecule has 0 aromatic heterocycles. The fourth-order valence-corrected chi connectivity index (χ4v) is 2.28. The number of halogens is 2. The molecule has 0 radical (unpaired) electrons. The standard InChI is InChI=1S/C14H18F2N2O/c15-11-7-10(8-12(16)9-11)4-6-18-14(19)13-3-1-2-5-17-13/h7-9,13,17H,1-6H2,(H,18,19)/t13-/m1/s1. The van der Waals surface area contributed by atoms with Crippen LogP contribution >= 0.6 is 0 Å². The molecule has 1 aliphatic rings. The van der Waals surface area contributed by atoms with Gasteiger partial charge in [-0.3, -0.25) is 4.79 Å². The van der Waals surface area contributed by atoms with Gasteiger partial charge in [-0.05, 0) is 43.5 Å². The second kappa shape index (κ2) is 6.61. The van der Waals surface area contributed by atoms with Crippen LogP contribution in [-0.2, 0) is 11.2 Å². The van der Waals surface area contributed by atoms with Crippen LogP contribution in [0.2, 0.25) is 0 Å². The molecule has 2 rings (SSSR count). The Morgan fingerprint density at radius 1 is 1.26 bits per heavy atom. The van der Waals surface area contributed by atoms with Gasteiger partial charge < -0.3 is 10.6 Å². The highest BCUT2D eigenvalue weighted by Gasteiger charge is 2.19. The number of rotatable bonds is 4. The molecule has 1 amide bonds. The normalized spacial score (nSPS) is 19.2. The van der Waals surface area contributed by atoms with E-state index in [1.807, 2.05) is 0 Å². The number of piperidine rings is 1. The van der Waals surface area contributed by atoms with Crippen LogP contribution in [0.25, 0.3) is 0 Å². The topological polar surface area (TPSA) is 41.1 Å². The van der Waals surface area contributed by atoms with E-state index in [2.05, 4.69) is 10.6 Å². The number of carbonyl (C=O) groups excluding carboxylic acids is 1. The minimum atomic E-state index is -0.588. The molecule has 0 aliphatic carbocycles. The van der Waals surface area contributed by atoms with Crippen LogP contribution in [0.5, 0.6) is 0 Å². The first kappa shape index (κ1) is 13.9. The maximum absolute atomic E-state index is 13.0. The van der Waals surface area contributed by atoms with Crippen molar-refractivity contribution >= 4 is 5.91 Å². The van der Waals surface area contributed by atoms with Crippen LogP contribution in [0, 0.1) is 11.6 Å². The summed E-state index contributed by atoms with van der Waals surface area (Å²) in [6.07, 6.45) is 3.43. The zero-order chi connectivity index (χ0) is 13.7. The SMILES string of the molecule is O=C(NCCc1cc(F)cc(F)c1)[C@H]1CCCCN1. The maximum Gasteiger partial charge on any atom is 0.237 e. The van der Waals surface area contributed by atoms with Crippen molar-refractivity contribution in [1.29, 1.82) is 0 Å². The Labute approximate surface area is 111 Å². The van der Waals surface area contributed by atoms with Gasteiger partial charge in [0, 0.05) is 12.6 Å². The van der Waals surface area contributed by atoms with Crippen LogP contribution in [-0.4, -0.2) is 25.0 Å². The van der Waals surface area contributed by atoms with Crippen molar-refractivity contribution in [3.05, 3.63) is 35.4 Å². The first-order valence-corrected chi connectivity index (χ1v) is 6.61. The molecule has 0 spiro atoms. The van der Waals surface area contributed by atoms with Crippen LogP contribution in [0.4, 0.5) is 8.78 Å². The van der Waals surface area contributed by atoms with Crippen molar-refractivity contribution in [3.8, 4) is 0 Å². The molecular weight excluding hydrogens is 250 g/mol. The summed E-state index contributed by atoms with van der Waals surface area (Å²) in [7, 11) is 0. The molecule has 1 heterocycles.